The quantitative estimate of drug-likeness (QED) is 0.0496. The summed E-state index contributed by atoms with van der Waals surface area (Å²) in [5, 5.41) is 121. The molecule has 7 amide bonds. The molecule has 608 valence electrons. The average molecular weight is 1610 g/mol. The zero-order chi connectivity index (χ0) is 80.7. The SMILES string of the molecule is CC[C@H](CC(C)C)C(=O)N[C@H]1C(=O)C[C@@H](CC(=O)NC(=O)NC2C3CC4CC(C3)CC2C4)C(=O)N[C@H]2C(=O)C[C@H]3C(=O)N[C@H](C(=O)N[C@H](C(=O)CC4C5CC6CC(C5)CC4C6)c4cc(O)cc(O)c4-c4cc3ccc4O)[C@H](O)c3ccc(c(Cl)c3)Oc3cc2cc(c3O[C@@H]2O[C@H](CO)[C@@H](O)[C@H](O)[C@H]2O)Oc2ccc(cc2Cl)[C@H]1O. The number of hydrogen-bond donors (Lipinski definition) is 15. The van der Waals surface area contributed by atoms with E-state index in [2.05, 4.69) is 31.9 Å². The van der Waals surface area contributed by atoms with E-state index in [1.807, 2.05) is 13.8 Å². The summed E-state index contributed by atoms with van der Waals surface area (Å²) in [6.07, 6.45) is -6.76. The normalized spacial score (nSPS) is 33.1. The number of carbonyl (C=O) groups is 9. The molecule has 19 rings (SSSR count). The molecular weight excluding hydrogens is 1520 g/mol. The largest absolute Gasteiger partial charge is 0.508 e. The molecule has 1 saturated heterocycles. The van der Waals surface area contributed by atoms with Gasteiger partial charge in [0.15, 0.2) is 28.8 Å². The lowest BCUT2D eigenvalue weighted by atomic mass is 9.51. The van der Waals surface area contributed by atoms with Crippen LogP contribution in [0.4, 0.5) is 4.79 Å². The summed E-state index contributed by atoms with van der Waals surface area (Å²) in [5.74, 6) is -14.0. The third-order valence-electron chi connectivity index (χ3n) is 25.9. The molecule has 0 radical (unpaired) electrons. The molecule has 9 fully saturated rings. The minimum atomic E-state index is -2.19. The van der Waals surface area contributed by atoms with E-state index < -0.39 is 198 Å². The number of phenols is 3. The van der Waals surface area contributed by atoms with E-state index in [9.17, 15) is 60.3 Å². The maximum absolute atomic E-state index is 16.6. The van der Waals surface area contributed by atoms with Gasteiger partial charge in [0.2, 0.25) is 41.6 Å². The van der Waals surface area contributed by atoms with Crippen LogP contribution >= 0.6 is 23.2 Å². The van der Waals surface area contributed by atoms with Crippen molar-refractivity contribution in [2.75, 3.05) is 6.61 Å². The molecule has 0 aromatic heterocycles. The number of phenolic OH excluding ortho intramolecular Hbond substituents is 3. The smallest absolute Gasteiger partial charge is 0.321 e. The highest BCUT2D eigenvalue weighted by Crippen LogP contribution is 2.59. The van der Waals surface area contributed by atoms with Crippen LogP contribution in [-0.2, 0) is 43.1 Å². The number of carbonyl (C=O) groups excluding carboxylic acids is 9. The second-order valence-corrected chi connectivity index (χ2v) is 34.8. The number of aliphatic hydroxyl groups excluding tert-OH is 6. The van der Waals surface area contributed by atoms with Gasteiger partial charge in [-0.15, -0.1) is 0 Å². The van der Waals surface area contributed by atoms with E-state index in [1.165, 1.54) is 48.5 Å². The van der Waals surface area contributed by atoms with Crippen molar-refractivity contribution in [3.8, 4) is 57.1 Å². The Morgan fingerprint density at radius 1 is 0.596 bits per heavy atom. The summed E-state index contributed by atoms with van der Waals surface area (Å²) in [6, 6.07) is 6.29. The second kappa shape index (κ2) is 32.6. The molecule has 5 aromatic rings. The summed E-state index contributed by atoms with van der Waals surface area (Å²) in [6.45, 7) is 4.62. The molecule has 19 bridgehead atoms. The predicted octanol–water partition coefficient (Wildman–Crippen LogP) is 8.40. The van der Waals surface area contributed by atoms with Crippen LogP contribution in [0.1, 0.15) is 182 Å². The number of fused-ring (bicyclic) bond motifs is 15. The maximum Gasteiger partial charge on any atom is 0.321 e. The highest BCUT2D eigenvalue weighted by Gasteiger charge is 2.53. The highest BCUT2D eigenvalue weighted by molar-refractivity contribution is 6.32. The van der Waals surface area contributed by atoms with Crippen LogP contribution in [0, 0.1) is 71.0 Å². The van der Waals surface area contributed by atoms with E-state index in [0.717, 1.165) is 94.5 Å². The Bertz CT molecular complexity index is 4600. The topological polar surface area (TPSA) is 445 Å². The molecule has 0 unspecified atom stereocenters. The Morgan fingerprint density at radius 3 is 1.78 bits per heavy atom. The van der Waals surface area contributed by atoms with E-state index in [1.54, 1.807) is 6.92 Å². The minimum absolute atomic E-state index is 0.0212. The van der Waals surface area contributed by atoms with Crippen LogP contribution in [0.15, 0.2) is 78.9 Å². The molecule has 14 aliphatic rings. The summed E-state index contributed by atoms with van der Waals surface area (Å²) in [5.41, 5.74) is -1.47. The number of ether oxygens (including phenoxy) is 4. The Morgan fingerprint density at radius 2 is 1.19 bits per heavy atom. The predicted molar refractivity (Wildman–Crippen MR) is 407 cm³/mol. The van der Waals surface area contributed by atoms with Gasteiger partial charge in [0.25, 0.3) is 0 Å². The number of rotatable bonds is 14. The number of urea groups is 1. The van der Waals surface area contributed by atoms with Gasteiger partial charge in [-0.05, 0) is 219 Å². The summed E-state index contributed by atoms with van der Waals surface area (Å²) in [4.78, 5) is 139. The zero-order valence-electron chi connectivity index (χ0n) is 63.0. The first-order valence-electron chi connectivity index (χ1n) is 39.7. The first-order chi connectivity index (χ1) is 54.4. The number of imide groups is 1. The molecule has 6 heterocycles. The van der Waals surface area contributed by atoms with Crippen molar-refractivity contribution in [2.45, 2.75) is 203 Å². The second-order valence-electron chi connectivity index (χ2n) is 34.0. The lowest BCUT2D eigenvalue weighted by Crippen LogP contribution is -2.60. The summed E-state index contributed by atoms with van der Waals surface area (Å²) in [7, 11) is 0. The van der Waals surface area contributed by atoms with Crippen LogP contribution in [0.2, 0.25) is 10.0 Å². The molecule has 15 N–H and O–H groups in total. The lowest BCUT2D eigenvalue weighted by molar-refractivity contribution is -0.277. The maximum atomic E-state index is 16.6. The first kappa shape index (κ1) is 80.2. The Kier molecular flexibility index (Phi) is 22.9. The molecule has 14 atom stereocenters. The minimum Gasteiger partial charge on any atom is -0.508 e. The van der Waals surface area contributed by atoms with E-state index in [4.69, 9.17) is 42.1 Å². The highest BCUT2D eigenvalue weighted by atomic mass is 35.5. The van der Waals surface area contributed by atoms with Gasteiger partial charge in [-0.2, -0.15) is 0 Å². The molecule has 8 aliphatic carbocycles. The summed E-state index contributed by atoms with van der Waals surface area (Å²) >= 11 is 14.3. The number of Topliss-reactive ketones (excluding diaryl/α,β-unsaturated/α-hetero) is 3. The van der Waals surface area contributed by atoms with Crippen molar-refractivity contribution >= 4 is 76.1 Å². The van der Waals surface area contributed by atoms with Gasteiger partial charge in [-0.25, -0.2) is 4.79 Å². The molecule has 0 spiro atoms. The van der Waals surface area contributed by atoms with Gasteiger partial charge in [0.1, 0.15) is 89.5 Å². The Labute approximate surface area is 666 Å². The molecule has 5 aromatic carbocycles. The van der Waals surface area contributed by atoms with E-state index in [0.29, 0.717) is 36.5 Å². The number of benzene rings is 5. The Balaban J connectivity index is 0.894. The van der Waals surface area contributed by atoms with Gasteiger partial charge in [0, 0.05) is 54.8 Å². The van der Waals surface area contributed by atoms with Crippen LogP contribution in [0.5, 0.6) is 46.0 Å². The number of amides is 7. The molecular formula is C84H96Cl2N6O22. The van der Waals surface area contributed by atoms with Crippen LogP contribution in [0.25, 0.3) is 11.1 Å². The van der Waals surface area contributed by atoms with Crippen LogP contribution in [-0.4, -0.2) is 154 Å². The molecule has 8 saturated carbocycles. The third kappa shape index (κ3) is 16.1. The number of hydrogen-bond acceptors (Lipinski definition) is 22. The average Bonchev–Trinajstić information content (AvgIpc) is 0.777. The molecule has 114 heavy (non-hydrogen) atoms. The van der Waals surface area contributed by atoms with Gasteiger partial charge in [-0.1, -0.05) is 62.2 Å². The van der Waals surface area contributed by atoms with Gasteiger partial charge in [0.05, 0.1) is 28.5 Å². The fraction of sp³-hybridized carbons (Fsp3) is 0.536. The number of ketones is 3. The van der Waals surface area contributed by atoms with E-state index in [-0.39, 0.29) is 108 Å². The monoisotopic (exact) mass is 1610 g/mol. The lowest BCUT2D eigenvalue weighted by Gasteiger charge is -2.54. The van der Waals surface area contributed by atoms with E-state index >= 15 is 28.8 Å². The number of aliphatic hydroxyl groups is 6. The fourth-order valence-corrected chi connectivity index (χ4v) is 21.2. The van der Waals surface area contributed by atoms with Crippen molar-refractivity contribution < 1.29 is 108 Å². The van der Waals surface area contributed by atoms with Crippen LogP contribution in [0.3, 0.4) is 0 Å². The van der Waals surface area contributed by atoms with Crippen molar-refractivity contribution in [3.63, 3.8) is 0 Å². The number of nitrogens with one attached hydrogen (secondary N) is 6. The van der Waals surface area contributed by atoms with Gasteiger partial charge >= 0.3 is 6.03 Å². The van der Waals surface area contributed by atoms with Crippen molar-refractivity contribution in [3.05, 3.63) is 117 Å². The Hall–Kier alpha value is -8.97. The molecule has 30 heteroatoms. The fourth-order valence-electron chi connectivity index (χ4n) is 20.8. The molecule has 28 nitrogen and oxygen atoms in total. The first-order valence-corrected chi connectivity index (χ1v) is 40.4. The third-order valence-corrected chi connectivity index (χ3v) is 26.5. The van der Waals surface area contributed by atoms with Crippen molar-refractivity contribution in [1.82, 2.24) is 31.9 Å². The zero-order valence-corrected chi connectivity index (χ0v) is 64.6. The molecule has 6 aliphatic heterocycles. The van der Waals surface area contributed by atoms with Gasteiger partial charge in [-0.3, -0.25) is 43.7 Å². The standard InChI is InChI=1S/C84H96Cl2N6O22/c1-4-39(11-34(2)3)79(106)90-71-58(97)25-48(28-66(100)87-84(110)92-68-45-18-37-13-38(20-45)21-46(68)19-37)80(107)88-69-47-26-63(111-61-9-6-41(73(71)101)23-54(61)85)78(114-83-77(105)76(104)75(103)65(33-93)113-83)64(27-47)112-62-10-7-42(24-55(62)86)74(102)72-82(109)89-70(60(99)31-50-43-14-35-12-36(16-43)17-44(50)15-35)53-29-49(94)30-57(96)67(53)52-22-40(5-8-56(52)95)51(32-59(69)98)81(108)91-72/h5-10,22-24,26-27,29-30,34-39,43-46,48,50-51,65,68-77,83,93-96,101-105H,4,11-21,25,28,31-33H2,1-3H3,(H,88,107)(H,89,109)(H,90,106)(H,91,108)(H2,87,92,100,110)/t35?,36?,37?,38?,39-,43?,44?,45?,46?,48+,50?,51-,65-,68?,69-,70+,71+,72+,73-,74-,75-,76+,77-,83+/m1/s1. The van der Waals surface area contributed by atoms with Crippen molar-refractivity contribution in [1.29, 1.82) is 0 Å². The van der Waals surface area contributed by atoms with Crippen molar-refractivity contribution in [2.24, 2.45) is 71.0 Å². The summed E-state index contributed by atoms with van der Waals surface area (Å²) < 4.78 is 25.6. The van der Waals surface area contributed by atoms with Crippen LogP contribution < -0.4 is 46.1 Å². The van der Waals surface area contributed by atoms with Gasteiger partial charge < -0.3 is 91.5 Å². The number of aromatic hydroxyl groups is 3. The number of halogens is 2.